The van der Waals surface area contributed by atoms with Crippen molar-refractivity contribution < 1.29 is 14.4 Å². The van der Waals surface area contributed by atoms with Crippen molar-refractivity contribution in [2.24, 2.45) is 0 Å². The minimum atomic E-state index is -0.620. The minimum Gasteiger partial charge on any atom is -0.398 e. The number of carbonyl (C=O) groups is 3. The first-order valence-corrected chi connectivity index (χ1v) is 9.44. The van der Waals surface area contributed by atoms with Gasteiger partial charge in [-0.3, -0.25) is 19.7 Å². The van der Waals surface area contributed by atoms with Crippen LogP contribution in [0.25, 0.3) is 22.2 Å². The molecule has 1 saturated heterocycles. The van der Waals surface area contributed by atoms with Crippen molar-refractivity contribution in [2.75, 3.05) is 5.73 Å². The van der Waals surface area contributed by atoms with Gasteiger partial charge in [0.05, 0.1) is 11.2 Å². The highest BCUT2D eigenvalue weighted by Gasteiger charge is 2.39. The number of benzene rings is 2. The average molecular weight is 386 g/mol. The molecular formula is C22H18N4O3. The Labute approximate surface area is 166 Å². The largest absolute Gasteiger partial charge is 0.398 e. The summed E-state index contributed by atoms with van der Waals surface area (Å²) in [5, 5.41) is 3.22. The van der Waals surface area contributed by atoms with Crippen molar-refractivity contribution in [3.8, 4) is 11.3 Å². The Morgan fingerprint density at radius 2 is 1.90 bits per heavy atom. The lowest BCUT2D eigenvalue weighted by molar-refractivity contribution is -0.136. The molecule has 1 unspecified atom stereocenters. The predicted octanol–water partition coefficient (Wildman–Crippen LogP) is 2.25. The molecule has 3 amide bonds. The van der Waals surface area contributed by atoms with Crippen LogP contribution in [0.15, 0.2) is 48.5 Å². The van der Waals surface area contributed by atoms with E-state index in [1.165, 1.54) is 0 Å². The van der Waals surface area contributed by atoms with Crippen LogP contribution in [0.4, 0.5) is 5.69 Å². The molecule has 0 radical (unpaired) electrons. The number of imide groups is 1. The monoisotopic (exact) mass is 386 g/mol. The van der Waals surface area contributed by atoms with E-state index in [1.54, 1.807) is 11.0 Å². The number of anilines is 1. The number of fused-ring (bicyclic) bond motifs is 2. The summed E-state index contributed by atoms with van der Waals surface area (Å²) in [7, 11) is 0. The van der Waals surface area contributed by atoms with Crippen LogP contribution in [0, 0.1) is 0 Å². The highest BCUT2D eigenvalue weighted by molar-refractivity contribution is 6.05. The molecule has 1 fully saturated rings. The maximum atomic E-state index is 12.8. The maximum Gasteiger partial charge on any atom is 0.255 e. The molecule has 7 heteroatoms. The Balaban J connectivity index is 1.49. The summed E-state index contributed by atoms with van der Waals surface area (Å²) in [6.45, 7) is 0.331. The predicted molar refractivity (Wildman–Crippen MR) is 108 cm³/mol. The van der Waals surface area contributed by atoms with E-state index >= 15 is 0 Å². The smallest absolute Gasteiger partial charge is 0.255 e. The number of nitrogens with one attached hydrogen (secondary N) is 1. The van der Waals surface area contributed by atoms with Crippen LogP contribution in [0.5, 0.6) is 0 Å². The van der Waals surface area contributed by atoms with Crippen LogP contribution in [0.3, 0.4) is 0 Å². The molecule has 144 valence electrons. The van der Waals surface area contributed by atoms with Gasteiger partial charge < -0.3 is 10.6 Å². The van der Waals surface area contributed by atoms with Gasteiger partial charge in [-0.15, -0.1) is 0 Å². The topological polar surface area (TPSA) is 105 Å². The van der Waals surface area contributed by atoms with Gasteiger partial charge in [-0.1, -0.05) is 24.3 Å². The first-order chi connectivity index (χ1) is 14.0. The van der Waals surface area contributed by atoms with E-state index < -0.39 is 11.9 Å². The standard InChI is InChI=1S/C22H18N4O3/c23-16-10-18(24-17-4-2-1-3-15(16)17)12-5-6-14-13(9-12)11-26(22(14)29)19-7-8-20(27)25-21(19)28/h1-6,9-10,19H,7-8,11H2,(H2,23,24)(H,25,27,28). The zero-order chi connectivity index (χ0) is 20.1. The fraction of sp³-hybridized carbons (Fsp3) is 0.182. The molecule has 3 N–H and O–H groups in total. The molecule has 5 rings (SSSR count). The molecule has 0 spiro atoms. The zero-order valence-corrected chi connectivity index (χ0v) is 15.5. The molecule has 0 aliphatic carbocycles. The van der Waals surface area contributed by atoms with Crippen LogP contribution in [-0.2, 0) is 16.1 Å². The molecule has 1 atom stereocenters. The van der Waals surface area contributed by atoms with Crippen molar-refractivity contribution in [2.45, 2.75) is 25.4 Å². The van der Waals surface area contributed by atoms with Crippen LogP contribution >= 0.6 is 0 Å². The molecule has 2 aliphatic rings. The molecule has 7 nitrogen and oxygen atoms in total. The fourth-order valence-electron chi connectivity index (χ4n) is 4.08. The Kier molecular flexibility index (Phi) is 3.84. The minimum absolute atomic E-state index is 0.188. The summed E-state index contributed by atoms with van der Waals surface area (Å²) < 4.78 is 0. The summed E-state index contributed by atoms with van der Waals surface area (Å²) in [4.78, 5) is 42.7. The molecule has 0 bridgehead atoms. The van der Waals surface area contributed by atoms with Gasteiger partial charge in [-0.05, 0) is 36.2 Å². The normalized spacial score (nSPS) is 18.8. The SMILES string of the molecule is Nc1cc(-c2ccc3c(c2)CN(C2CCC(=O)NC2=O)C3=O)nc2ccccc12. The second kappa shape index (κ2) is 6.41. The quantitative estimate of drug-likeness (QED) is 0.657. The van der Waals surface area contributed by atoms with Crippen molar-refractivity contribution >= 4 is 34.3 Å². The molecule has 0 saturated carbocycles. The molecule has 1 aromatic heterocycles. The van der Waals surface area contributed by atoms with E-state index in [1.807, 2.05) is 42.5 Å². The lowest BCUT2D eigenvalue weighted by Crippen LogP contribution is -2.52. The van der Waals surface area contributed by atoms with Crippen LogP contribution in [-0.4, -0.2) is 33.6 Å². The van der Waals surface area contributed by atoms with Gasteiger partial charge in [-0.2, -0.15) is 0 Å². The number of piperidine rings is 1. The first kappa shape index (κ1) is 17.4. The van der Waals surface area contributed by atoms with Gasteiger partial charge in [0.1, 0.15) is 6.04 Å². The second-order valence-electron chi connectivity index (χ2n) is 7.39. The van der Waals surface area contributed by atoms with Gasteiger partial charge in [-0.25, -0.2) is 4.98 Å². The van der Waals surface area contributed by atoms with Gasteiger partial charge in [0.2, 0.25) is 11.8 Å². The van der Waals surface area contributed by atoms with Crippen LogP contribution in [0.1, 0.15) is 28.8 Å². The first-order valence-electron chi connectivity index (χ1n) is 9.44. The summed E-state index contributed by atoms with van der Waals surface area (Å²) in [5.74, 6) is -0.892. The summed E-state index contributed by atoms with van der Waals surface area (Å²) in [5.41, 5.74) is 10.7. The third kappa shape index (κ3) is 2.82. The van der Waals surface area contributed by atoms with Gasteiger partial charge in [0.15, 0.2) is 0 Å². The van der Waals surface area contributed by atoms with Crippen molar-refractivity contribution in [1.29, 1.82) is 0 Å². The second-order valence-corrected chi connectivity index (χ2v) is 7.39. The third-order valence-corrected chi connectivity index (χ3v) is 5.57. The number of nitrogens with zero attached hydrogens (tertiary/aromatic N) is 2. The highest BCUT2D eigenvalue weighted by atomic mass is 16.2. The van der Waals surface area contributed by atoms with Gasteiger partial charge in [0, 0.05) is 35.2 Å². The molecule has 29 heavy (non-hydrogen) atoms. The maximum absolute atomic E-state index is 12.8. The molecule has 3 heterocycles. The summed E-state index contributed by atoms with van der Waals surface area (Å²) in [6.07, 6.45) is 0.585. The molecule has 3 aromatic rings. The number of hydrogen-bond acceptors (Lipinski definition) is 5. The number of pyridine rings is 1. The van der Waals surface area contributed by atoms with E-state index in [4.69, 9.17) is 10.7 Å². The van der Waals surface area contributed by atoms with Crippen molar-refractivity contribution in [3.63, 3.8) is 0 Å². The number of hydrogen-bond donors (Lipinski definition) is 2. The van der Waals surface area contributed by atoms with E-state index in [9.17, 15) is 14.4 Å². The average Bonchev–Trinajstić information content (AvgIpc) is 3.04. The molecule has 2 aromatic carbocycles. The Morgan fingerprint density at radius 3 is 2.72 bits per heavy atom. The van der Waals surface area contributed by atoms with E-state index in [-0.39, 0.29) is 18.2 Å². The number of nitrogens with two attached hydrogens (primary N) is 1. The Morgan fingerprint density at radius 1 is 1.07 bits per heavy atom. The van der Waals surface area contributed by atoms with E-state index in [0.29, 0.717) is 24.2 Å². The van der Waals surface area contributed by atoms with Crippen LogP contribution < -0.4 is 11.1 Å². The number of para-hydroxylation sites is 1. The van der Waals surface area contributed by atoms with E-state index in [0.717, 1.165) is 27.7 Å². The third-order valence-electron chi connectivity index (χ3n) is 5.57. The van der Waals surface area contributed by atoms with E-state index in [2.05, 4.69) is 5.32 Å². The van der Waals surface area contributed by atoms with Gasteiger partial charge >= 0.3 is 0 Å². The van der Waals surface area contributed by atoms with Crippen LogP contribution in [0.2, 0.25) is 0 Å². The number of aromatic nitrogens is 1. The molecular weight excluding hydrogens is 368 g/mol. The fourth-order valence-corrected chi connectivity index (χ4v) is 4.08. The number of carbonyl (C=O) groups excluding carboxylic acids is 3. The Bertz CT molecular complexity index is 1200. The lowest BCUT2D eigenvalue weighted by atomic mass is 10.0. The van der Waals surface area contributed by atoms with Gasteiger partial charge in [0.25, 0.3) is 5.91 Å². The zero-order valence-electron chi connectivity index (χ0n) is 15.5. The Hall–Kier alpha value is -3.74. The summed E-state index contributed by atoms with van der Waals surface area (Å²) >= 11 is 0. The number of nitrogen functional groups attached to an aromatic ring is 1. The number of amides is 3. The number of rotatable bonds is 2. The molecule has 2 aliphatic heterocycles. The van der Waals surface area contributed by atoms with Crippen molar-refractivity contribution in [3.05, 3.63) is 59.7 Å². The lowest BCUT2D eigenvalue weighted by Gasteiger charge is -2.29. The summed E-state index contributed by atoms with van der Waals surface area (Å²) in [6, 6.07) is 14.4. The van der Waals surface area contributed by atoms with Crippen molar-refractivity contribution in [1.82, 2.24) is 15.2 Å². The highest BCUT2D eigenvalue weighted by Crippen LogP contribution is 2.32.